The molecule has 1 aromatic carbocycles. The summed E-state index contributed by atoms with van der Waals surface area (Å²) < 4.78 is 15.9. The van der Waals surface area contributed by atoms with E-state index in [0.717, 1.165) is 56.3 Å². The Bertz CT molecular complexity index is 1020. The second-order valence-corrected chi connectivity index (χ2v) is 12.0. The summed E-state index contributed by atoms with van der Waals surface area (Å²) in [6.07, 6.45) is 7.58. The molecule has 0 spiro atoms. The Morgan fingerprint density at radius 2 is 1.89 bits per heavy atom. The number of nitrogens with one attached hydrogen (secondary N) is 3. The summed E-state index contributed by atoms with van der Waals surface area (Å²) in [5, 5.41) is 10.3. The first-order chi connectivity index (χ1) is 16.4. The molecule has 1 amide bonds. The molecule has 1 heterocycles. The molecular weight excluding hydrogens is 625 g/mol. The van der Waals surface area contributed by atoms with Crippen LogP contribution in [0, 0.1) is 11.2 Å². The van der Waals surface area contributed by atoms with Gasteiger partial charge in [0, 0.05) is 31.5 Å². The van der Waals surface area contributed by atoms with Crippen molar-refractivity contribution in [2.45, 2.75) is 91.3 Å². The maximum Gasteiger partial charge on any atom is 0.243 e. The van der Waals surface area contributed by atoms with Crippen molar-refractivity contribution in [1.29, 1.82) is 0 Å². The Hall–Kier alpha value is -1.00. The van der Waals surface area contributed by atoms with Gasteiger partial charge in [-0.3, -0.25) is 10.1 Å². The van der Waals surface area contributed by atoms with E-state index in [4.69, 9.17) is 11.6 Å². The van der Waals surface area contributed by atoms with Crippen LogP contribution in [0.15, 0.2) is 24.5 Å². The lowest BCUT2D eigenvalue weighted by atomic mass is 9.87. The lowest BCUT2D eigenvalue weighted by molar-refractivity contribution is -0.118. The fraction of sp³-hybridized carbons (Fsp3) is 0.630. The molecule has 10 heteroatoms. The zero-order valence-electron chi connectivity index (χ0n) is 22.8. The number of hydrogen-bond acceptors (Lipinski definition) is 4. The van der Waals surface area contributed by atoms with Crippen molar-refractivity contribution >= 4 is 57.4 Å². The van der Waals surface area contributed by atoms with Crippen LogP contribution in [0.5, 0.6) is 0 Å². The van der Waals surface area contributed by atoms with Gasteiger partial charge in [-0.05, 0) is 68.2 Å². The molecule has 2 aromatic rings. The second-order valence-electron chi connectivity index (χ2n) is 11.6. The van der Waals surface area contributed by atoms with Crippen LogP contribution >= 0.6 is 45.6 Å². The van der Waals surface area contributed by atoms with Crippen molar-refractivity contribution in [3.63, 3.8) is 0 Å². The molecule has 210 valence electrons. The van der Waals surface area contributed by atoms with Crippen LogP contribution in [0.25, 0.3) is 0 Å². The van der Waals surface area contributed by atoms with Gasteiger partial charge in [0.05, 0.1) is 16.6 Å². The molecule has 0 fully saturated rings. The largest absolute Gasteiger partial charge is 0.314 e. The molecule has 37 heavy (non-hydrogen) atoms. The molecule has 0 radical (unpaired) electrons. The minimum atomic E-state index is -0.368. The number of benzene rings is 1. The SMILES string of the molecule is Br.Br.CCC[C@H](N[C@H]1CCc2cc(F)c(Cl)cc2C1)C(=O)Nc1nccn1C(C)(C)CNCC(C)(C)C. The van der Waals surface area contributed by atoms with Crippen LogP contribution in [-0.2, 0) is 23.2 Å². The van der Waals surface area contributed by atoms with Crippen molar-refractivity contribution in [2.24, 2.45) is 5.41 Å². The number of hydrogen-bond donors (Lipinski definition) is 3. The Morgan fingerprint density at radius 1 is 1.19 bits per heavy atom. The number of aromatic nitrogens is 2. The number of aryl methyl sites for hydroxylation is 1. The third-order valence-corrected chi connectivity index (χ3v) is 6.83. The van der Waals surface area contributed by atoms with Crippen molar-refractivity contribution in [2.75, 3.05) is 18.4 Å². The molecule has 2 atom stereocenters. The standard InChI is InChI=1S/C27H41ClFN5O.2BrH/c1-7-8-23(32-20-10-9-18-15-22(29)21(28)14-19(18)13-20)24(35)33-25-31-11-12-34(25)27(5,6)17-30-16-26(2,3)4;;/h11-12,14-15,20,23,30,32H,7-10,13,16-17H2,1-6H3,(H,31,33,35);2*1H/t20-,23-;;/m0../s1. The van der Waals surface area contributed by atoms with Crippen LogP contribution in [0.2, 0.25) is 5.02 Å². The van der Waals surface area contributed by atoms with Gasteiger partial charge in [0.25, 0.3) is 0 Å². The molecule has 3 rings (SSSR count). The smallest absolute Gasteiger partial charge is 0.243 e. The first-order valence-corrected chi connectivity index (χ1v) is 13.1. The van der Waals surface area contributed by atoms with E-state index in [-0.39, 0.29) is 73.7 Å². The monoisotopic (exact) mass is 665 g/mol. The van der Waals surface area contributed by atoms with E-state index in [1.54, 1.807) is 18.3 Å². The number of imidazole rings is 1. The third kappa shape index (κ3) is 9.60. The lowest BCUT2D eigenvalue weighted by Crippen LogP contribution is -2.48. The van der Waals surface area contributed by atoms with E-state index < -0.39 is 0 Å². The number of nitrogens with zero attached hydrogens (tertiary/aromatic N) is 2. The number of carbonyl (C=O) groups is 1. The predicted octanol–water partition coefficient (Wildman–Crippen LogP) is 6.46. The highest BCUT2D eigenvalue weighted by Gasteiger charge is 2.28. The van der Waals surface area contributed by atoms with Gasteiger partial charge in [0.2, 0.25) is 11.9 Å². The normalized spacial score (nSPS) is 16.3. The van der Waals surface area contributed by atoms with Crippen molar-refractivity contribution < 1.29 is 9.18 Å². The predicted molar refractivity (Wildman–Crippen MR) is 162 cm³/mol. The molecule has 0 unspecified atom stereocenters. The summed E-state index contributed by atoms with van der Waals surface area (Å²) in [7, 11) is 0. The Labute approximate surface area is 247 Å². The van der Waals surface area contributed by atoms with Gasteiger partial charge in [-0.15, -0.1) is 34.0 Å². The van der Waals surface area contributed by atoms with Gasteiger partial charge >= 0.3 is 0 Å². The van der Waals surface area contributed by atoms with Crippen LogP contribution in [-0.4, -0.2) is 40.6 Å². The Balaban J connectivity index is 0.00000342. The van der Waals surface area contributed by atoms with Gasteiger partial charge in [0.1, 0.15) is 5.82 Å². The number of fused-ring (bicyclic) bond motifs is 1. The first kappa shape index (κ1) is 34.0. The Kier molecular flexibility index (Phi) is 13.2. The summed E-state index contributed by atoms with van der Waals surface area (Å²) in [5.74, 6) is 0.101. The minimum Gasteiger partial charge on any atom is -0.314 e. The molecule has 1 aromatic heterocycles. The molecule has 6 nitrogen and oxygen atoms in total. The molecule has 1 aliphatic carbocycles. The van der Waals surface area contributed by atoms with E-state index in [9.17, 15) is 9.18 Å². The molecule has 1 aliphatic rings. The maximum atomic E-state index is 13.8. The fourth-order valence-corrected chi connectivity index (χ4v) is 4.85. The Morgan fingerprint density at radius 3 is 2.54 bits per heavy atom. The zero-order chi connectivity index (χ0) is 25.8. The van der Waals surface area contributed by atoms with Gasteiger partial charge in [-0.2, -0.15) is 0 Å². The van der Waals surface area contributed by atoms with Crippen molar-refractivity contribution in [3.05, 3.63) is 46.5 Å². The second kappa shape index (κ2) is 14.4. The van der Waals surface area contributed by atoms with E-state index in [1.807, 2.05) is 10.8 Å². The minimum absolute atomic E-state index is 0. The van der Waals surface area contributed by atoms with Gasteiger partial charge in [-0.1, -0.05) is 45.7 Å². The van der Waals surface area contributed by atoms with Crippen molar-refractivity contribution in [1.82, 2.24) is 20.2 Å². The highest BCUT2D eigenvalue weighted by molar-refractivity contribution is 8.93. The highest BCUT2D eigenvalue weighted by atomic mass is 79.9. The molecule has 3 N–H and O–H groups in total. The van der Waals surface area contributed by atoms with E-state index in [1.165, 1.54) is 0 Å². The topological polar surface area (TPSA) is 71.0 Å². The average Bonchev–Trinajstić information content (AvgIpc) is 3.22. The van der Waals surface area contributed by atoms with Crippen LogP contribution < -0.4 is 16.0 Å². The molecule has 0 bridgehead atoms. The summed E-state index contributed by atoms with van der Waals surface area (Å²) in [5.41, 5.74) is 1.99. The lowest BCUT2D eigenvalue weighted by Gasteiger charge is -2.32. The van der Waals surface area contributed by atoms with Crippen LogP contribution in [0.1, 0.15) is 71.9 Å². The quantitative estimate of drug-likeness (QED) is 0.272. The van der Waals surface area contributed by atoms with E-state index in [0.29, 0.717) is 5.95 Å². The summed E-state index contributed by atoms with van der Waals surface area (Å²) in [6.45, 7) is 14.6. The van der Waals surface area contributed by atoms with Gasteiger partial charge < -0.3 is 15.2 Å². The average molecular weight is 668 g/mol. The number of anilines is 1. The number of rotatable bonds is 10. The maximum absolute atomic E-state index is 13.8. The van der Waals surface area contributed by atoms with E-state index in [2.05, 4.69) is 62.5 Å². The highest BCUT2D eigenvalue weighted by Crippen LogP contribution is 2.27. The zero-order valence-corrected chi connectivity index (χ0v) is 27.0. The van der Waals surface area contributed by atoms with Crippen LogP contribution in [0.3, 0.4) is 0 Å². The van der Waals surface area contributed by atoms with Crippen molar-refractivity contribution in [3.8, 4) is 0 Å². The number of amides is 1. The molecular formula is C27H43Br2ClFN5O. The number of halogens is 4. The summed E-state index contributed by atoms with van der Waals surface area (Å²) >= 11 is 6.01. The number of carbonyl (C=O) groups excluding carboxylic acids is 1. The fourth-order valence-electron chi connectivity index (χ4n) is 4.67. The summed E-state index contributed by atoms with van der Waals surface area (Å²) in [4.78, 5) is 17.8. The molecule has 0 aliphatic heterocycles. The summed E-state index contributed by atoms with van der Waals surface area (Å²) in [6, 6.07) is 3.06. The van der Waals surface area contributed by atoms with Gasteiger partial charge in [-0.25, -0.2) is 9.37 Å². The molecule has 0 saturated carbocycles. The third-order valence-electron chi connectivity index (χ3n) is 6.54. The van der Waals surface area contributed by atoms with Gasteiger partial charge in [0.15, 0.2) is 0 Å². The first-order valence-electron chi connectivity index (χ1n) is 12.7. The molecule has 0 saturated heterocycles. The van der Waals surface area contributed by atoms with Crippen LogP contribution in [0.4, 0.5) is 10.3 Å². The van der Waals surface area contributed by atoms with E-state index >= 15 is 0 Å².